The molecule has 0 fully saturated rings. The highest BCUT2D eigenvalue weighted by Gasteiger charge is 2.16. The number of carbonyl (C=O) groups is 2. The highest BCUT2D eigenvalue weighted by atomic mass is 35.5. The van der Waals surface area contributed by atoms with Gasteiger partial charge in [0.25, 0.3) is 5.69 Å². The third-order valence-corrected chi connectivity index (χ3v) is 5.70. The fourth-order valence-electron chi connectivity index (χ4n) is 2.65. The molecule has 3 aromatic rings. The number of nitro benzene ring substituents is 1. The van der Waals surface area contributed by atoms with Crippen molar-refractivity contribution < 1.29 is 14.5 Å². The van der Waals surface area contributed by atoms with Gasteiger partial charge in [-0.25, -0.2) is 0 Å². The van der Waals surface area contributed by atoms with Crippen molar-refractivity contribution in [3.63, 3.8) is 0 Å². The van der Waals surface area contributed by atoms with E-state index in [0.717, 1.165) is 17.3 Å². The van der Waals surface area contributed by atoms with E-state index < -0.39 is 10.8 Å². The molecular formula is C20H19ClN6O4S. The quantitative estimate of drug-likeness (QED) is 0.289. The van der Waals surface area contributed by atoms with Crippen molar-refractivity contribution in [2.75, 3.05) is 16.4 Å². The summed E-state index contributed by atoms with van der Waals surface area (Å²) >= 11 is 7.11. The number of benzene rings is 2. The summed E-state index contributed by atoms with van der Waals surface area (Å²) in [6, 6.07) is 11.2. The lowest BCUT2D eigenvalue weighted by atomic mass is 10.2. The number of non-ortho nitro benzene ring substituents is 1. The van der Waals surface area contributed by atoms with Gasteiger partial charge in [-0.3, -0.25) is 19.7 Å². The molecule has 10 nitrogen and oxygen atoms in total. The van der Waals surface area contributed by atoms with Gasteiger partial charge >= 0.3 is 0 Å². The second-order valence-electron chi connectivity index (χ2n) is 6.81. The molecule has 0 bridgehead atoms. The molecule has 0 aliphatic rings. The zero-order valence-electron chi connectivity index (χ0n) is 17.2. The molecule has 2 N–H and O–H groups in total. The number of carbonyl (C=O) groups excluding carboxylic acids is 2. The minimum absolute atomic E-state index is 0.0213. The molecule has 0 saturated carbocycles. The second-order valence-corrected chi connectivity index (χ2v) is 8.16. The van der Waals surface area contributed by atoms with Gasteiger partial charge in [0, 0.05) is 24.9 Å². The molecule has 1 heterocycles. The van der Waals surface area contributed by atoms with Crippen LogP contribution in [-0.2, 0) is 23.1 Å². The molecule has 166 valence electrons. The van der Waals surface area contributed by atoms with Crippen LogP contribution in [0.15, 0.2) is 47.6 Å². The van der Waals surface area contributed by atoms with Gasteiger partial charge < -0.3 is 15.2 Å². The van der Waals surface area contributed by atoms with Crippen molar-refractivity contribution in [1.29, 1.82) is 0 Å². The molecule has 0 aliphatic carbocycles. The summed E-state index contributed by atoms with van der Waals surface area (Å²) in [5.41, 5.74) is 1.75. The number of nitrogens with zero attached hydrogens (tertiary/aromatic N) is 4. The molecule has 12 heteroatoms. The minimum atomic E-state index is -0.573. The predicted octanol–water partition coefficient (Wildman–Crippen LogP) is 3.60. The Hall–Kier alpha value is -3.44. The summed E-state index contributed by atoms with van der Waals surface area (Å²) < 4.78 is 1.63. The fourth-order valence-corrected chi connectivity index (χ4v) is 3.54. The average molecular weight is 475 g/mol. The van der Waals surface area contributed by atoms with Gasteiger partial charge in [0.15, 0.2) is 5.16 Å². The summed E-state index contributed by atoms with van der Waals surface area (Å²) in [4.78, 5) is 34.9. The van der Waals surface area contributed by atoms with Gasteiger partial charge in [-0.05, 0) is 25.1 Å². The number of thioether (sulfide) groups is 1. The Morgan fingerprint density at radius 2 is 1.84 bits per heavy atom. The Morgan fingerprint density at radius 1 is 1.12 bits per heavy atom. The fraction of sp³-hybridized carbons (Fsp3) is 0.200. The molecule has 0 radical (unpaired) electrons. The van der Waals surface area contributed by atoms with Crippen LogP contribution in [0.25, 0.3) is 0 Å². The lowest BCUT2D eigenvalue weighted by Gasteiger charge is -2.07. The molecule has 0 unspecified atom stereocenters. The summed E-state index contributed by atoms with van der Waals surface area (Å²) in [5, 5.41) is 24.9. The summed E-state index contributed by atoms with van der Waals surface area (Å²) in [7, 11) is 1.70. The summed E-state index contributed by atoms with van der Waals surface area (Å²) in [6.45, 7) is 1.96. The Kier molecular flexibility index (Phi) is 7.44. The van der Waals surface area contributed by atoms with Crippen molar-refractivity contribution >= 4 is 52.2 Å². The van der Waals surface area contributed by atoms with Crippen LogP contribution in [0.5, 0.6) is 0 Å². The van der Waals surface area contributed by atoms with Crippen LogP contribution in [-0.4, -0.2) is 37.3 Å². The third kappa shape index (κ3) is 6.05. The standard InChI is InChI=1S/C20H19ClN6O4S/c1-12-3-5-13(6-4-12)22-18(28)10-17-24-25-20(26(17)2)32-11-19(29)23-16-9-14(27(30)31)7-8-15(16)21/h3-9H,10-11H2,1-2H3,(H,22,28)(H,23,29). The van der Waals surface area contributed by atoms with E-state index in [-0.39, 0.29) is 34.5 Å². The van der Waals surface area contributed by atoms with E-state index >= 15 is 0 Å². The molecule has 32 heavy (non-hydrogen) atoms. The van der Waals surface area contributed by atoms with E-state index in [2.05, 4.69) is 20.8 Å². The van der Waals surface area contributed by atoms with Gasteiger partial charge in [0.2, 0.25) is 11.8 Å². The number of rotatable bonds is 8. The van der Waals surface area contributed by atoms with E-state index in [4.69, 9.17) is 11.6 Å². The topological polar surface area (TPSA) is 132 Å². The van der Waals surface area contributed by atoms with Crippen molar-refractivity contribution in [2.24, 2.45) is 7.05 Å². The van der Waals surface area contributed by atoms with E-state index in [0.29, 0.717) is 16.7 Å². The van der Waals surface area contributed by atoms with Crippen LogP contribution in [0.3, 0.4) is 0 Å². The Morgan fingerprint density at radius 3 is 2.53 bits per heavy atom. The SMILES string of the molecule is Cc1ccc(NC(=O)Cc2nnc(SCC(=O)Nc3cc([N+](=O)[O-])ccc3Cl)n2C)cc1. The van der Waals surface area contributed by atoms with Crippen LogP contribution in [0, 0.1) is 17.0 Å². The van der Waals surface area contributed by atoms with Gasteiger partial charge in [0.05, 0.1) is 27.8 Å². The van der Waals surface area contributed by atoms with Crippen LogP contribution < -0.4 is 10.6 Å². The zero-order chi connectivity index (χ0) is 23.3. The van der Waals surface area contributed by atoms with Gasteiger partial charge in [-0.15, -0.1) is 10.2 Å². The number of anilines is 2. The number of amides is 2. The largest absolute Gasteiger partial charge is 0.326 e. The number of aryl methyl sites for hydroxylation is 1. The van der Waals surface area contributed by atoms with E-state index in [1.54, 1.807) is 11.6 Å². The number of halogens is 1. The monoisotopic (exact) mass is 474 g/mol. The second kappa shape index (κ2) is 10.2. The Bertz CT molecular complexity index is 1170. The molecular weight excluding hydrogens is 456 g/mol. The van der Waals surface area contributed by atoms with Crippen LogP contribution >= 0.6 is 23.4 Å². The highest BCUT2D eigenvalue weighted by molar-refractivity contribution is 7.99. The molecule has 0 spiro atoms. The smallest absolute Gasteiger partial charge is 0.271 e. The number of aromatic nitrogens is 3. The summed E-state index contributed by atoms with van der Waals surface area (Å²) in [5.74, 6) is -0.238. The maximum Gasteiger partial charge on any atom is 0.271 e. The first-order valence-corrected chi connectivity index (χ1v) is 10.7. The van der Waals surface area contributed by atoms with E-state index in [1.807, 2.05) is 31.2 Å². The molecule has 2 aromatic carbocycles. The average Bonchev–Trinajstić information content (AvgIpc) is 3.09. The van der Waals surface area contributed by atoms with E-state index in [1.165, 1.54) is 18.2 Å². The molecule has 2 amide bonds. The lowest BCUT2D eigenvalue weighted by Crippen LogP contribution is -2.17. The first-order chi connectivity index (χ1) is 15.2. The molecule has 0 saturated heterocycles. The maximum atomic E-state index is 12.3. The Labute approximate surface area is 192 Å². The normalized spacial score (nSPS) is 10.6. The van der Waals surface area contributed by atoms with E-state index in [9.17, 15) is 19.7 Å². The van der Waals surface area contributed by atoms with Crippen molar-refractivity contribution in [3.05, 3.63) is 69.0 Å². The first kappa shape index (κ1) is 23.2. The Balaban J connectivity index is 1.56. The highest BCUT2D eigenvalue weighted by Crippen LogP contribution is 2.27. The summed E-state index contributed by atoms with van der Waals surface area (Å²) in [6.07, 6.45) is 0.0213. The first-order valence-electron chi connectivity index (χ1n) is 9.34. The van der Waals surface area contributed by atoms with Gasteiger partial charge in [-0.1, -0.05) is 41.1 Å². The number of hydrogen-bond acceptors (Lipinski definition) is 7. The van der Waals surface area contributed by atoms with Gasteiger partial charge in [-0.2, -0.15) is 0 Å². The number of nitrogens with one attached hydrogen (secondary N) is 2. The lowest BCUT2D eigenvalue weighted by molar-refractivity contribution is -0.384. The molecule has 0 atom stereocenters. The minimum Gasteiger partial charge on any atom is -0.326 e. The van der Waals surface area contributed by atoms with Crippen LogP contribution in [0.4, 0.5) is 17.1 Å². The number of nitro groups is 1. The predicted molar refractivity (Wildman–Crippen MR) is 122 cm³/mol. The van der Waals surface area contributed by atoms with Gasteiger partial charge in [0.1, 0.15) is 5.82 Å². The maximum absolute atomic E-state index is 12.3. The molecule has 0 aliphatic heterocycles. The third-order valence-electron chi connectivity index (χ3n) is 4.35. The van der Waals surface area contributed by atoms with Crippen molar-refractivity contribution in [1.82, 2.24) is 14.8 Å². The molecule has 3 rings (SSSR count). The van der Waals surface area contributed by atoms with Crippen LogP contribution in [0.2, 0.25) is 5.02 Å². The van der Waals surface area contributed by atoms with Crippen molar-refractivity contribution in [3.8, 4) is 0 Å². The molecule has 1 aromatic heterocycles. The zero-order valence-corrected chi connectivity index (χ0v) is 18.7. The number of hydrogen-bond donors (Lipinski definition) is 2. The van der Waals surface area contributed by atoms with Crippen molar-refractivity contribution in [2.45, 2.75) is 18.5 Å². The van der Waals surface area contributed by atoms with Crippen LogP contribution in [0.1, 0.15) is 11.4 Å².